The molecular weight excluding hydrogens is 338 g/mol. The quantitative estimate of drug-likeness (QED) is 0.631. The topological polar surface area (TPSA) is 93.0 Å². The smallest absolute Gasteiger partial charge is 0.353 e. The van der Waals surface area contributed by atoms with Crippen molar-refractivity contribution in [3.8, 4) is 0 Å². The summed E-state index contributed by atoms with van der Waals surface area (Å²) in [6, 6.07) is 5.65. The zero-order valence-electron chi connectivity index (χ0n) is 11.6. The lowest BCUT2D eigenvalue weighted by atomic mass is 10.2. The van der Waals surface area contributed by atoms with E-state index in [1.54, 1.807) is 0 Å². The molecule has 0 radical (unpaired) electrons. The molecule has 2 N–H and O–H groups in total. The molecule has 0 spiro atoms. The summed E-state index contributed by atoms with van der Waals surface area (Å²) in [5.41, 5.74) is 1.53. The second-order valence-electron chi connectivity index (χ2n) is 4.29. The van der Waals surface area contributed by atoms with Gasteiger partial charge in [0, 0.05) is 16.7 Å². The Hall–Kier alpha value is -2.22. The van der Waals surface area contributed by atoms with Gasteiger partial charge in [-0.15, -0.1) is 0 Å². The Bertz CT molecular complexity index is 678. The van der Waals surface area contributed by atoms with E-state index in [2.05, 4.69) is 36.5 Å². The summed E-state index contributed by atoms with van der Waals surface area (Å²) in [4.78, 5) is 18.7. The van der Waals surface area contributed by atoms with E-state index in [0.717, 1.165) is 15.7 Å². The van der Waals surface area contributed by atoms with Crippen LogP contribution >= 0.6 is 15.9 Å². The number of nitro groups is 1. The second-order valence-corrected chi connectivity index (χ2v) is 5.21. The highest BCUT2D eigenvalue weighted by atomic mass is 79.9. The normalized spacial score (nSPS) is 10.2. The fourth-order valence-electron chi connectivity index (χ4n) is 1.80. The van der Waals surface area contributed by atoms with Gasteiger partial charge in [0.15, 0.2) is 0 Å². The Labute approximate surface area is 130 Å². The van der Waals surface area contributed by atoms with Gasteiger partial charge in [-0.05, 0) is 31.5 Å². The van der Waals surface area contributed by atoms with E-state index in [1.807, 2.05) is 32.0 Å². The second kappa shape index (κ2) is 6.49. The summed E-state index contributed by atoms with van der Waals surface area (Å²) >= 11 is 3.38. The number of rotatable bonds is 5. The zero-order chi connectivity index (χ0) is 15.4. The number of halogens is 1. The molecule has 110 valence electrons. The first-order valence-corrected chi connectivity index (χ1v) is 7.08. The van der Waals surface area contributed by atoms with Gasteiger partial charge in [-0.1, -0.05) is 22.0 Å². The third-order valence-corrected chi connectivity index (χ3v) is 3.30. The molecule has 0 saturated heterocycles. The van der Waals surface area contributed by atoms with Gasteiger partial charge in [0.05, 0.1) is 4.92 Å². The van der Waals surface area contributed by atoms with Crippen LogP contribution in [0.5, 0.6) is 0 Å². The van der Waals surface area contributed by atoms with Crippen molar-refractivity contribution in [2.75, 3.05) is 17.2 Å². The minimum atomic E-state index is -0.492. The molecule has 0 aliphatic heterocycles. The maximum atomic E-state index is 11.3. The van der Waals surface area contributed by atoms with Crippen molar-refractivity contribution >= 4 is 38.9 Å². The van der Waals surface area contributed by atoms with Crippen molar-refractivity contribution in [3.05, 3.63) is 44.7 Å². The molecule has 0 fully saturated rings. The average Bonchev–Trinajstić information content (AvgIpc) is 2.43. The number of hydrogen-bond acceptors (Lipinski definition) is 6. The largest absolute Gasteiger partial charge is 0.364 e. The number of aryl methyl sites for hydroxylation is 1. The van der Waals surface area contributed by atoms with Crippen molar-refractivity contribution in [3.63, 3.8) is 0 Å². The Kier molecular flexibility index (Phi) is 4.69. The zero-order valence-corrected chi connectivity index (χ0v) is 13.1. The Morgan fingerprint density at radius 1 is 1.33 bits per heavy atom. The van der Waals surface area contributed by atoms with Crippen molar-refractivity contribution in [2.45, 2.75) is 13.8 Å². The Balaban J connectivity index is 2.46. The van der Waals surface area contributed by atoms with Crippen LogP contribution < -0.4 is 10.6 Å². The van der Waals surface area contributed by atoms with Crippen LogP contribution in [0.15, 0.2) is 29.0 Å². The van der Waals surface area contributed by atoms with E-state index in [1.165, 1.54) is 6.33 Å². The molecule has 0 aliphatic carbocycles. The van der Waals surface area contributed by atoms with E-state index in [4.69, 9.17) is 0 Å². The fraction of sp³-hybridized carbons (Fsp3) is 0.231. The molecule has 7 nitrogen and oxygen atoms in total. The van der Waals surface area contributed by atoms with Crippen LogP contribution in [0.25, 0.3) is 0 Å². The number of nitrogens with zero attached hydrogens (tertiary/aromatic N) is 3. The van der Waals surface area contributed by atoms with Gasteiger partial charge in [-0.25, -0.2) is 9.97 Å². The van der Waals surface area contributed by atoms with E-state index in [0.29, 0.717) is 6.54 Å². The van der Waals surface area contributed by atoms with E-state index >= 15 is 0 Å². The van der Waals surface area contributed by atoms with E-state index < -0.39 is 4.92 Å². The maximum Gasteiger partial charge on any atom is 0.353 e. The van der Waals surface area contributed by atoms with Gasteiger partial charge >= 0.3 is 5.69 Å². The Morgan fingerprint density at radius 3 is 2.71 bits per heavy atom. The summed E-state index contributed by atoms with van der Waals surface area (Å²) in [6.07, 6.45) is 1.29. The molecule has 0 unspecified atom stereocenters. The lowest BCUT2D eigenvalue weighted by Crippen LogP contribution is -2.08. The molecule has 0 saturated carbocycles. The highest BCUT2D eigenvalue weighted by Gasteiger charge is 2.23. The van der Waals surface area contributed by atoms with Crippen LogP contribution in [-0.2, 0) is 0 Å². The third kappa shape index (κ3) is 3.46. The minimum absolute atomic E-state index is 0.159. The van der Waals surface area contributed by atoms with Crippen molar-refractivity contribution in [1.82, 2.24) is 9.97 Å². The van der Waals surface area contributed by atoms with Crippen molar-refractivity contribution < 1.29 is 4.92 Å². The summed E-state index contributed by atoms with van der Waals surface area (Å²) < 4.78 is 0.874. The molecule has 2 rings (SSSR count). The summed E-state index contributed by atoms with van der Waals surface area (Å²) in [5, 5.41) is 17.2. The summed E-state index contributed by atoms with van der Waals surface area (Å²) in [6.45, 7) is 4.29. The molecule has 21 heavy (non-hydrogen) atoms. The molecule has 1 heterocycles. The fourth-order valence-corrected chi connectivity index (χ4v) is 2.16. The predicted molar refractivity (Wildman–Crippen MR) is 85.0 cm³/mol. The standard InChI is InChI=1S/C13H14BrN5O2/c1-3-15-12-11(19(20)21)13(17-7-16-12)18-10-6-9(14)5-4-8(10)2/h4-7H,3H2,1-2H3,(H2,15,16,17,18). The predicted octanol–water partition coefficient (Wildman–Crippen LogP) is 3.63. The van der Waals surface area contributed by atoms with Crippen molar-refractivity contribution in [1.29, 1.82) is 0 Å². The molecular formula is C13H14BrN5O2. The first-order chi connectivity index (χ1) is 10.0. The molecule has 2 aromatic rings. The molecule has 0 bridgehead atoms. The van der Waals surface area contributed by atoms with Crippen LogP contribution in [0.1, 0.15) is 12.5 Å². The maximum absolute atomic E-state index is 11.3. The lowest BCUT2D eigenvalue weighted by molar-refractivity contribution is -0.383. The highest BCUT2D eigenvalue weighted by molar-refractivity contribution is 9.10. The number of anilines is 3. The first kappa shape index (κ1) is 15.2. The summed E-state index contributed by atoms with van der Waals surface area (Å²) in [5.74, 6) is 0.361. The lowest BCUT2D eigenvalue weighted by Gasteiger charge is -2.11. The molecule has 1 aromatic heterocycles. The molecule has 1 aromatic carbocycles. The van der Waals surface area contributed by atoms with Gasteiger partial charge < -0.3 is 10.6 Å². The Morgan fingerprint density at radius 2 is 2.05 bits per heavy atom. The monoisotopic (exact) mass is 351 g/mol. The number of nitrogens with one attached hydrogen (secondary N) is 2. The molecule has 0 amide bonds. The molecule has 8 heteroatoms. The number of aromatic nitrogens is 2. The van der Waals surface area contributed by atoms with Gasteiger partial charge in [0.25, 0.3) is 0 Å². The third-order valence-electron chi connectivity index (χ3n) is 2.80. The van der Waals surface area contributed by atoms with Crippen LogP contribution in [0.3, 0.4) is 0 Å². The van der Waals surface area contributed by atoms with Crippen LogP contribution in [0.4, 0.5) is 23.0 Å². The van der Waals surface area contributed by atoms with Crippen LogP contribution in [-0.4, -0.2) is 21.4 Å². The average molecular weight is 352 g/mol. The van der Waals surface area contributed by atoms with E-state index in [9.17, 15) is 10.1 Å². The molecule has 0 aliphatic rings. The summed E-state index contributed by atoms with van der Waals surface area (Å²) in [7, 11) is 0. The van der Waals surface area contributed by atoms with Gasteiger partial charge in [-0.2, -0.15) is 0 Å². The number of benzene rings is 1. The van der Waals surface area contributed by atoms with Crippen LogP contribution in [0, 0.1) is 17.0 Å². The van der Waals surface area contributed by atoms with Crippen molar-refractivity contribution in [2.24, 2.45) is 0 Å². The minimum Gasteiger partial charge on any atom is -0.364 e. The number of hydrogen-bond donors (Lipinski definition) is 2. The first-order valence-electron chi connectivity index (χ1n) is 6.29. The molecule has 0 atom stereocenters. The van der Waals surface area contributed by atoms with Crippen LogP contribution in [0.2, 0.25) is 0 Å². The van der Waals surface area contributed by atoms with Gasteiger partial charge in [0.1, 0.15) is 6.33 Å². The van der Waals surface area contributed by atoms with Gasteiger partial charge in [-0.3, -0.25) is 10.1 Å². The highest BCUT2D eigenvalue weighted by Crippen LogP contribution is 2.32. The van der Waals surface area contributed by atoms with E-state index in [-0.39, 0.29) is 17.3 Å². The SMILES string of the molecule is CCNc1ncnc(Nc2cc(Br)ccc2C)c1[N+](=O)[O-]. The van der Waals surface area contributed by atoms with Gasteiger partial charge in [0.2, 0.25) is 11.6 Å².